The molecule has 2 aliphatic rings. The summed E-state index contributed by atoms with van der Waals surface area (Å²) in [6.45, 7) is 1.13. The Kier molecular flexibility index (Phi) is 4.36. The first-order valence-electron chi connectivity index (χ1n) is 8.97. The highest BCUT2D eigenvalue weighted by atomic mass is 16.5. The van der Waals surface area contributed by atoms with Crippen LogP contribution in [0.3, 0.4) is 0 Å². The lowest BCUT2D eigenvalue weighted by atomic mass is 9.96. The first kappa shape index (κ1) is 16.6. The molecule has 2 fully saturated rings. The summed E-state index contributed by atoms with van der Waals surface area (Å²) in [4.78, 5) is 12.1. The maximum Gasteiger partial charge on any atom is 0.240 e. The van der Waals surface area contributed by atoms with Crippen LogP contribution in [0.2, 0.25) is 0 Å². The molecule has 2 aromatic carbocycles. The largest absolute Gasteiger partial charge is 0.489 e. The Morgan fingerprint density at radius 1 is 1.15 bits per heavy atom. The van der Waals surface area contributed by atoms with Gasteiger partial charge in [0.1, 0.15) is 17.9 Å². The number of hydrogen-bond acceptors (Lipinski definition) is 4. The zero-order chi connectivity index (χ0) is 18.0. The van der Waals surface area contributed by atoms with Gasteiger partial charge in [0, 0.05) is 18.2 Å². The molecule has 2 heterocycles. The van der Waals surface area contributed by atoms with Crippen LogP contribution in [-0.2, 0) is 11.4 Å². The van der Waals surface area contributed by atoms with Crippen molar-refractivity contribution in [1.29, 1.82) is 5.26 Å². The minimum atomic E-state index is -0.374. The van der Waals surface area contributed by atoms with E-state index in [2.05, 4.69) is 28.8 Å². The van der Waals surface area contributed by atoms with Crippen molar-refractivity contribution < 1.29 is 9.53 Å². The van der Waals surface area contributed by atoms with Crippen LogP contribution < -0.4 is 15.4 Å². The molecule has 1 spiro atoms. The van der Waals surface area contributed by atoms with E-state index in [0.717, 1.165) is 37.1 Å². The smallest absolute Gasteiger partial charge is 0.240 e. The van der Waals surface area contributed by atoms with E-state index >= 15 is 0 Å². The summed E-state index contributed by atoms with van der Waals surface area (Å²) >= 11 is 0. The number of nitriles is 1. The Labute approximate surface area is 153 Å². The number of benzene rings is 2. The first-order valence-corrected chi connectivity index (χ1v) is 8.97. The Bertz CT molecular complexity index is 856. The van der Waals surface area contributed by atoms with E-state index in [1.807, 2.05) is 30.3 Å². The summed E-state index contributed by atoms with van der Waals surface area (Å²) in [5, 5.41) is 15.6. The van der Waals surface area contributed by atoms with Crippen molar-refractivity contribution in [2.24, 2.45) is 0 Å². The number of rotatable bonds is 4. The van der Waals surface area contributed by atoms with Crippen LogP contribution in [0, 0.1) is 11.3 Å². The molecular formula is C21H21N3O2. The fourth-order valence-electron chi connectivity index (χ4n) is 3.88. The fraction of sp³-hybridized carbons (Fsp3) is 0.333. The van der Waals surface area contributed by atoms with Crippen LogP contribution in [-0.4, -0.2) is 18.0 Å². The van der Waals surface area contributed by atoms with Gasteiger partial charge in [-0.25, -0.2) is 0 Å². The third kappa shape index (κ3) is 3.04. The van der Waals surface area contributed by atoms with Gasteiger partial charge >= 0.3 is 0 Å². The molecule has 0 unspecified atom stereocenters. The Hall–Kier alpha value is -2.84. The lowest BCUT2D eigenvalue weighted by Gasteiger charge is -2.22. The zero-order valence-electron chi connectivity index (χ0n) is 14.5. The van der Waals surface area contributed by atoms with Crippen molar-refractivity contribution in [3.8, 4) is 11.8 Å². The minimum Gasteiger partial charge on any atom is -0.489 e. The molecule has 0 radical (unpaired) electrons. The van der Waals surface area contributed by atoms with Crippen molar-refractivity contribution in [3.63, 3.8) is 0 Å². The third-order valence-electron chi connectivity index (χ3n) is 5.40. The molecule has 2 atom stereocenters. The SMILES string of the molecule is N#Cc1ccccc1COc1ccc([C@H]2CC[C@]3(CCNC3=O)N2)cc1. The predicted molar refractivity (Wildman–Crippen MR) is 97.4 cm³/mol. The summed E-state index contributed by atoms with van der Waals surface area (Å²) in [6.07, 6.45) is 2.71. The minimum absolute atomic E-state index is 0.135. The molecule has 2 saturated heterocycles. The van der Waals surface area contributed by atoms with Crippen molar-refractivity contribution in [2.75, 3.05) is 6.54 Å². The molecule has 5 nitrogen and oxygen atoms in total. The van der Waals surface area contributed by atoms with E-state index < -0.39 is 0 Å². The number of carbonyl (C=O) groups excluding carboxylic acids is 1. The molecule has 2 aromatic rings. The summed E-state index contributed by atoms with van der Waals surface area (Å²) < 4.78 is 5.83. The van der Waals surface area contributed by atoms with Crippen LogP contribution in [0.5, 0.6) is 5.75 Å². The molecule has 0 bridgehead atoms. The zero-order valence-corrected chi connectivity index (χ0v) is 14.5. The van der Waals surface area contributed by atoms with Crippen LogP contribution in [0.1, 0.15) is 42.0 Å². The topological polar surface area (TPSA) is 74.1 Å². The van der Waals surface area contributed by atoms with Gasteiger partial charge in [0.15, 0.2) is 0 Å². The second-order valence-corrected chi connectivity index (χ2v) is 6.95. The Balaban J connectivity index is 1.40. The quantitative estimate of drug-likeness (QED) is 0.892. The number of hydrogen-bond donors (Lipinski definition) is 2. The van der Waals surface area contributed by atoms with Crippen molar-refractivity contribution in [2.45, 2.75) is 37.5 Å². The van der Waals surface area contributed by atoms with Gasteiger partial charge in [-0.1, -0.05) is 30.3 Å². The number of amides is 1. The van der Waals surface area contributed by atoms with Gasteiger partial charge in [-0.3, -0.25) is 10.1 Å². The standard InChI is InChI=1S/C21H21N3O2/c22-13-16-3-1-2-4-17(16)14-26-18-7-5-15(6-8-18)19-9-10-21(24-19)11-12-23-20(21)25/h1-8,19,24H,9-12,14H2,(H,23,25)/t19-,21-/m1/s1. The highest BCUT2D eigenvalue weighted by molar-refractivity contribution is 5.88. The van der Waals surface area contributed by atoms with Gasteiger partial charge in [-0.05, 0) is 43.0 Å². The highest BCUT2D eigenvalue weighted by Crippen LogP contribution is 2.37. The van der Waals surface area contributed by atoms with E-state index in [1.54, 1.807) is 6.07 Å². The number of carbonyl (C=O) groups is 1. The highest BCUT2D eigenvalue weighted by Gasteiger charge is 2.47. The van der Waals surface area contributed by atoms with Gasteiger partial charge in [0.05, 0.1) is 11.6 Å². The normalized spacial score (nSPS) is 24.4. The van der Waals surface area contributed by atoms with Crippen LogP contribution in [0.4, 0.5) is 0 Å². The Morgan fingerprint density at radius 3 is 2.69 bits per heavy atom. The monoisotopic (exact) mass is 347 g/mol. The van der Waals surface area contributed by atoms with Gasteiger partial charge < -0.3 is 10.1 Å². The molecule has 0 aromatic heterocycles. The number of nitrogens with one attached hydrogen (secondary N) is 2. The summed E-state index contributed by atoms with van der Waals surface area (Å²) in [7, 11) is 0. The fourth-order valence-corrected chi connectivity index (χ4v) is 3.88. The molecular weight excluding hydrogens is 326 g/mol. The number of ether oxygens (including phenoxy) is 1. The van der Waals surface area contributed by atoms with Gasteiger partial charge in [0.25, 0.3) is 0 Å². The lowest BCUT2D eigenvalue weighted by molar-refractivity contribution is -0.124. The van der Waals surface area contributed by atoms with Crippen LogP contribution in [0.15, 0.2) is 48.5 Å². The van der Waals surface area contributed by atoms with E-state index in [0.29, 0.717) is 12.2 Å². The summed E-state index contributed by atoms with van der Waals surface area (Å²) in [5.41, 5.74) is 2.32. The number of nitrogens with zero attached hydrogens (tertiary/aromatic N) is 1. The molecule has 26 heavy (non-hydrogen) atoms. The molecule has 1 amide bonds. The average molecular weight is 347 g/mol. The molecule has 4 rings (SSSR count). The molecule has 5 heteroatoms. The van der Waals surface area contributed by atoms with E-state index in [1.165, 1.54) is 5.56 Å². The van der Waals surface area contributed by atoms with Crippen molar-refractivity contribution in [1.82, 2.24) is 10.6 Å². The third-order valence-corrected chi connectivity index (χ3v) is 5.40. The maximum absolute atomic E-state index is 12.1. The molecule has 0 saturated carbocycles. The maximum atomic E-state index is 12.1. The van der Waals surface area contributed by atoms with Gasteiger partial charge in [-0.15, -0.1) is 0 Å². The van der Waals surface area contributed by atoms with E-state index in [9.17, 15) is 4.79 Å². The van der Waals surface area contributed by atoms with Crippen molar-refractivity contribution >= 4 is 5.91 Å². The van der Waals surface area contributed by atoms with E-state index in [4.69, 9.17) is 10.00 Å². The first-order chi connectivity index (χ1) is 12.7. The van der Waals surface area contributed by atoms with Gasteiger partial charge in [-0.2, -0.15) is 5.26 Å². The molecule has 2 N–H and O–H groups in total. The van der Waals surface area contributed by atoms with Crippen LogP contribution in [0.25, 0.3) is 0 Å². The van der Waals surface area contributed by atoms with Gasteiger partial charge in [0.2, 0.25) is 5.91 Å². The lowest BCUT2D eigenvalue weighted by Crippen LogP contribution is -2.47. The summed E-state index contributed by atoms with van der Waals surface area (Å²) in [6, 6.07) is 17.8. The Morgan fingerprint density at radius 2 is 1.96 bits per heavy atom. The average Bonchev–Trinajstić information content (AvgIpc) is 3.28. The second-order valence-electron chi connectivity index (χ2n) is 6.95. The second kappa shape index (κ2) is 6.81. The summed E-state index contributed by atoms with van der Waals surface area (Å²) in [5.74, 6) is 0.906. The molecule has 2 aliphatic heterocycles. The van der Waals surface area contributed by atoms with Crippen LogP contribution >= 0.6 is 0 Å². The molecule has 0 aliphatic carbocycles. The van der Waals surface area contributed by atoms with E-state index in [-0.39, 0.29) is 17.5 Å². The van der Waals surface area contributed by atoms with Crippen molar-refractivity contribution in [3.05, 3.63) is 65.2 Å². The molecule has 132 valence electrons. The predicted octanol–water partition coefficient (Wildman–Crippen LogP) is 2.82.